The molecule has 1 saturated heterocycles. The van der Waals surface area contributed by atoms with Gasteiger partial charge in [0.15, 0.2) is 0 Å². The number of halogens is 1. The van der Waals surface area contributed by atoms with Crippen LogP contribution in [-0.4, -0.2) is 51.3 Å². The maximum absolute atomic E-state index is 13.6. The molecule has 0 saturated carbocycles. The summed E-state index contributed by atoms with van der Waals surface area (Å²) in [6.07, 6.45) is 2.28. The number of ether oxygens (including phenoxy) is 1. The number of hydrogen-bond acceptors (Lipinski definition) is 5. The molecule has 1 N–H and O–H groups in total. The van der Waals surface area contributed by atoms with Crippen LogP contribution < -0.4 is 15.0 Å². The van der Waals surface area contributed by atoms with Crippen LogP contribution in [0, 0.1) is 5.92 Å². The first kappa shape index (κ1) is 25.7. The summed E-state index contributed by atoms with van der Waals surface area (Å²) in [6.45, 7) is 3.19. The maximum Gasteiger partial charge on any atom is 0.244 e. The van der Waals surface area contributed by atoms with Crippen LogP contribution in [0.4, 0.5) is 5.69 Å². The lowest BCUT2D eigenvalue weighted by atomic mass is 9.99. The van der Waals surface area contributed by atoms with Crippen LogP contribution in [0.15, 0.2) is 45.8 Å². The van der Waals surface area contributed by atoms with Gasteiger partial charge >= 0.3 is 0 Å². The van der Waals surface area contributed by atoms with E-state index in [2.05, 4.69) is 21.2 Å². The Balaban J connectivity index is 1.48. The summed E-state index contributed by atoms with van der Waals surface area (Å²) in [4.78, 5) is 27.0. The van der Waals surface area contributed by atoms with Gasteiger partial charge in [-0.05, 0) is 70.6 Å². The molecule has 188 valence electrons. The molecule has 2 amide bonds. The minimum absolute atomic E-state index is 0.0269. The summed E-state index contributed by atoms with van der Waals surface area (Å²) in [5.74, 6) is 0.130. The van der Waals surface area contributed by atoms with Crippen molar-refractivity contribution in [2.24, 2.45) is 5.92 Å². The molecule has 2 aromatic carbocycles. The average Bonchev–Trinajstić information content (AvgIpc) is 3.29. The van der Waals surface area contributed by atoms with Crippen LogP contribution in [0.3, 0.4) is 0 Å². The lowest BCUT2D eigenvalue weighted by Crippen LogP contribution is -2.45. The Morgan fingerprint density at radius 3 is 2.60 bits per heavy atom. The molecule has 2 heterocycles. The van der Waals surface area contributed by atoms with Crippen molar-refractivity contribution in [2.75, 3.05) is 31.6 Å². The molecule has 2 aliphatic heterocycles. The highest BCUT2D eigenvalue weighted by atomic mass is 79.9. The van der Waals surface area contributed by atoms with Crippen molar-refractivity contribution < 1.29 is 22.7 Å². The summed E-state index contributed by atoms with van der Waals surface area (Å²) >= 11 is 3.43. The zero-order valence-electron chi connectivity index (χ0n) is 19.9. The minimum atomic E-state index is -3.86. The van der Waals surface area contributed by atoms with Crippen molar-refractivity contribution in [2.45, 2.75) is 44.0 Å². The fourth-order valence-electron chi connectivity index (χ4n) is 4.63. The Morgan fingerprint density at radius 1 is 1.17 bits per heavy atom. The molecule has 0 aromatic heterocycles. The number of amides is 2. The van der Waals surface area contributed by atoms with Crippen molar-refractivity contribution in [3.8, 4) is 5.75 Å². The molecule has 0 bridgehead atoms. The van der Waals surface area contributed by atoms with Crippen LogP contribution in [0.2, 0.25) is 0 Å². The van der Waals surface area contributed by atoms with Gasteiger partial charge in [0, 0.05) is 42.8 Å². The number of benzene rings is 2. The second-order valence-electron chi connectivity index (χ2n) is 8.83. The van der Waals surface area contributed by atoms with Crippen molar-refractivity contribution in [1.29, 1.82) is 0 Å². The first-order valence-corrected chi connectivity index (χ1v) is 14.0. The summed E-state index contributed by atoms with van der Waals surface area (Å²) in [7, 11) is -2.26. The van der Waals surface area contributed by atoms with Gasteiger partial charge in [-0.25, -0.2) is 8.42 Å². The molecular formula is C25H30BrN3O5S. The molecule has 0 aliphatic carbocycles. The van der Waals surface area contributed by atoms with Crippen molar-refractivity contribution in [1.82, 2.24) is 9.62 Å². The molecule has 1 unspecified atom stereocenters. The molecule has 1 fully saturated rings. The van der Waals surface area contributed by atoms with Crippen LogP contribution >= 0.6 is 15.9 Å². The monoisotopic (exact) mass is 563 g/mol. The number of rotatable bonds is 7. The number of piperidine rings is 1. The first-order chi connectivity index (χ1) is 16.7. The topological polar surface area (TPSA) is 96.0 Å². The fourth-order valence-corrected chi connectivity index (χ4v) is 7.22. The molecule has 1 atom stereocenters. The van der Waals surface area contributed by atoms with Gasteiger partial charge in [-0.1, -0.05) is 19.1 Å². The van der Waals surface area contributed by atoms with E-state index in [9.17, 15) is 18.0 Å². The van der Waals surface area contributed by atoms with Crippen LogP contribution in [0.1, 0.15) is 37.3 Å². The van der Waals surface area contributed by atoms with E-state index in [1.807, 2.05) is 24.3 Å². The van der Waals surface area contributed by atoms with E-state index >= 15 is 0 Å². The summed E-state index contributed by atoms with van der Waals surface area (Å²) in [5, 5.41) is 2.93. The van der Waals surface area contributed by atoms with Crippen LogP contribution in [-0.2, 0) is 32.6 Å². The molecular weight excluding hydrogens is 534 g/mol. The van der Waals surface area contributed by atoms with Gasteiger partial charge in [0.05, 0.1) is 17.9 Å². The van der Waals surface area contributed by atoms with Gasteiger partial charge in [0.25, 0.3) is 0 Å². The fraction of sp³-hybridized carbons (Fsp3) is 0.440. The second-order valence-corrected chi connectivity index (χ2v) is 11.6. The van der Waals surface area contributed by atoms with E-state index in [1.165, 1.54) is 4.31 Å². The van der Waals surface area contributed by atoms with E-state index < -0.39 is 15.9 Å². The predicted molar refractivity (Wildman–Crippen MR) is 137 cm³/mol. The highest BCUT2D eigenvalue weighted by molar-refractivity contribution is 9.10. The Labute approximate surface area is 214 Å². The molecule has 0 radical (unpaired) electrons. The number of nitrogens with zero attached hydrogens (tertiary/aromatic N) is 2. The average molecular weight is 565 g/mol. The van der Waals surface area contributed by atoms with Gasteiger partial charge < -0.3 is 15.0 Å². The van der Waals surface area contributed by atoms with Gasteiger partial charge in [0.1, 0.15) is 5.75 Å². The van der Waals surface area contributed by atoms with E-state index in [-0.39, 0.29) is 23.3 Å². The molecule has 2 aromatic rings. The van der Waals surface area contributed by atoms with Crippen molar-refractivity contribution >= 4 is 43.5 Å². The number of fused-ring (bicyclic) bond motifs is 1. The Morgan fingerprint density at radius 2 is 1.91 bits per heavy atom. The number of carbonyl (C=O) groups excluding carboxylic acids is 2. The standard InChI is InChI=1S/C25H30BrN3O5S/c1-3-24(30)29-12-10-18-13-21(26)23(14-22(18)29)35(32,33)28-11-4-5-19(16-28)25(31)27-15-17-6-8-20(34-2)9-7-17/h6-9,13-14,19H,3-5,10-12,15-16H2,1-2H3,(H,27,31). The Kier molecular flexibility index (Phi) is 7.83. The highest BCUT2D eigenvalue weighted by Gasteiger charge is 2.36. The van der Waals surface area contributed by atoms with E-state index in [0.717, 1.165) is 16.9 Å². The lowest BCUT2D eigenvalue weighted by Gasteiger charge is -2.31. The number of methoxy groups -OCH3 is 1. The van der Waals surface area contributed by atoms with E-state index in [1.54, 1.807) is 31.1 Å². The molecule has 2 aliphatic rings. The molecule has 35 heavy (non-hydrogen) atoms. The number of carbonyl (C=O) groups is 2. The van der Waals surface area contributed by atoms with Crippen LogP contribution in [0.5, 0.6) is 5.75 Å². The molecule has 4 rings (SSSR count). The quantitative estimate of drug-likeness (QED) is 0.556. The number of hydrogen-bond donors (Lipinski definition) is 1. The zero-order chi connectivity index (χ0) is 25.2. The third-order valence-corrected chi connectivity index (χ3v) is 9.45. The Bertz CT molecular complexity index is 1220. The SMILES string of the molecule is CCC(=O)N1CCc2cc(Br)c(S(=O)(=O)N3CCCC(C(=O)NCc4ccc(OC)cc4)C3)cc21. The maximum atomic E-state index is 13.6. The first-order valence-electron chi connectivity index (χ1n) is 11.8. The van der Waals surface area contributed by atoms with Gasteiger partial charge in [-0.2, -0.15) is 4.31 Å². The second kappa shape index (κ2) is 10.7. The third kappa shape index (κ3) is 5.39. The Hall–Kier alpha value is -2.43. The summed E-state index contributed by atoms with van der Waals surface area (Å²) < 4.78 is 34.2. The minimum Gasteiger partial charge on any atom is -0.497 e. The van der Waals surface area contributed by atoms with Crippen LogP contribution in [0.25, 0.3) is 0 Å². The smallest absolute Gasteiger partial charge is 0.244 e. The van der Waals surface area contributed by atoms with Gasteiger partial charge in [-0.3, -0.25) is 9.59 Å². The molecule has 8 nitrogen and oxygen atoms in total. The zero-order valence-corrected chi connectivity index (χ0v) is 22.3. The largest absolute Gasteiger partial charge is 0.497 e. The van der Waals surface area contributed by atoms with Crippen molar-refractivity contribution in [3.63, 3.8) is 0 Å². The number of nitrogens with one attached hydrogen (secondary N) is 1. The molecule has 10 heteroatoms. The predicted octanol–water partition coefficient (Wildman–Crippen LogP) is 3.47. The number of sulfonamides is 1. The van der Waals surface area contributed by atoms with E-state index in [0.29, 0.717) is 55.5 Å². The normalized spacial score (nSPS) is 18.3. The van der Waals surface area contributed by atoms with Crippen molar-refractivity contribution in [3.05, 3.63) is 52.0 Å². The highest BCUT2D eigenvalue weighted by Crippen LogP contribution is 2.37. The third-order valence-electron chi connectivity index (χ3n) is 6.63. The molecule has 0 spiro atoms. The summed E-state index contributed by atoms with van der Waals surface area (Å²) in [5.41, 5.74) is 2.55. The van der Waals surface area contributed by atoms with Gasteiger partial charge in [-0.15, -0.1) is 0 Å². The number of anilines is 1. The lowest BCUT2D eigenvalue weighted by molar-refractivity contribution is -0.126. The van der Waals surface area contributed by atoms with Gasteiger partial charge in [0.2, 0.25) is 21.8 Å². The van der Waals surface area contributed by atoms with E-state index in [4.69, 9.17) is 4.74 Å². The summed E-state index contributed by atoms with van der Waals surface area (Å²) in [6, 6.07) is 10.8.